The molecule has 0 saturated carbocycles. The van der Waals surface area contributed by atoms with Crippen molar-refractivity contribution in [1.82, 2.24) is 15.5 Å². The van der Waals surface area contributed by atoms with E-state index in [0.717, 1.165) is 22.5 Å². The van der Waals surface area contributed by atoms with Gasteiger partial charge in [0.1, 0.15) is 3.70 Å². The van der Waals surface area contributed by atoms with Crippen molar-refractivity contribution >= 4 is 22.6 Å². The van der Waals surface area contributed by atoms with Crippen molar-refractivity contribution in [3.8, 4) is 0 Å². The van der Waals surface area contributed by atoms with E-state index in [4.69, 9.17) is 0 Å². The standard InChI is InChI=1S/C12H12IN3/c13-12-7-6-11(15-16-12)9-14-8-10-4-2-1-3-5-10/h1-7,14H,8-9H2. The van der Waals surface area contributed by atoms with E-state index in [-0.39, 0.29) is 0 Å². The lowest BCUT2D eigenvalue weighted by atomic mass is 10.2. The first-order chi connectivity index (χ1) is 7.84. The summed E-state index contributed by atoms with van der Waals surface area (Å²) in [5, 5.41) is 11.4. The summed E-state index contributed by atoms with van der Waals surface area (Å²) >= 11 is 2.15. The Hall–Kier alpha value is -1.01. The van der Waals surface area contributed by atoms with Crippen LogP contribution < -0.4 is 5.32 Å². The van der Waals surface area contributed by atoms with Crippen LogP contribution in [0.4, 0.5) is 0 Å². The maximum atomic E-state index is 4.09. The van der Waals surface area contributed by atoms with Gasteiger partial charge in [0, 0.05) is 13.1 Å². The largest absolute Gasteiger partial charge is 0.307 e. The Balaban J connectivity index is 1.82. The third kappa shape index (κ3) is 3.53. The van der Waals surface area contributed by atoms with E-state index in [1.165, 1.54) is 5.56 Å². The van der Waals surface area contributed by atoms with E-state index in [9.17, 15) is 0 Å². The highest BCUT2D eigenvalue weighted by molar-refractivity contribution is 14.1. The molecule has 1 N–H and O–H groups in total. The van der Waals surface area contributed by atoms with Crippen LogP contribution in [0, 0.1) is 3.70 Å². The Labute approximate surface area is 108 Å². The Morgan fingerprint density at radius 3 is 2.44 bits per heavy atom. The fraction of sp³-hybridized carbons (Fsp3) is 0.167. The van der Waals surface area contributed by atoms with Crippen LogP contribution >= 0.6 is 22.6 Å². The molecule has 4 heteroatoms. The molecule has 1 aromatic carbocycles. The van der Waals surface area contributed by atoms with Crippen molar-refractivity contribution in [3.63, 3.8) is 0 Å². The van der Waals surface area contributed by atoms with Crippen LogP contribution in [0.2, 0.25) is 0 Å². The normalized spacial score (nSPS) is 10.3. The summed E-state index contributed by atoms with van der Waals surface area (Å²) in [5.74, 6) is 0. The molecule has 0 aliphatic carbocycles. The van der Waals surface area contributed by atoms with Gasteiger partial charge in [-0.15, -0.1) is 5.10 Å². The molecule has 1 heterocycles. The molecule has 3 nitrogen and oxygen atoms in total. The third-order valence-electron chi connectivity index (χ3n) is 2.17. The van der Waals surface area contributed by atoms with E-state index in [0.29, 0.717) is 0 Å². The minimum Gasteiger partial charge on any atom is -0.307 e. The smallest absolute Gasteiger partial charge is 0.124 e. The van der Waals surface area contributed by atoms with Gasteiger partial charge in [-0.3, -0.25) is 0 Å². The molecule has 0 bridgehead atoms. The van der Waals surface area contributed by atoms with Crippen LogP contribution in [-0.2, 0) is 13.1 Å². The zero-order chi connectivity index (χ0) is 11.2. The Morgan fingerprint density at radius 2 is 1.75 bits per heavy atom. The van der Waals surface area contributed by atoms with Crippen LogP contribution in [0.25, 0.3) is 0 Å². The SMILES string of the molecule is Ic1ccc(CNCc2ccccc2)nn1. The Morgan fingerprint density at radius 1 is 0.938 bits per heavy atom. The summed E-state index contributed by atoms with van der Waals surface area (Å²) in [6.45, 7) is 1.60. The highest BCUT2D eigenvalue weighted by Gasteiger charge is 1.95. The van der Waals surface area contributed by atoms with Crippen molar-refractivity contribution in [2.24, 2.45) is 0 Å². The number of halogens is 1. The molecular formula is C12H12IN3. The van der Waals surface area contributed by atoms with Gasteiger partial charge >= 0.3 is 0 Å². The second kappa shape index (κ2) is 5.91. The lowest BCUT2D eigenvalue weighted by Gasteiger charge is -2.03. The van der Waals surface area contributed by atoms with E-state index < -0.39 is 0 Å². The molecule has 0 saturated heterocycles. The number of hydrogen-bond acceptors (Lipinski definition) is 3. The monoisotopic (exact) mass is 325 g/mol. The molecule has 0 aliphatic rings. The maximum absolute atomic E-state index is 4.09. The predicted molar refractivity (Wildman–Crippen MR) is 71.7 cm³/mol. The first-order valence-electron chi connectivity index (χ1n) is 5.07. The van der Waals surface area contributed by atoms with Gasteiger partial charge in [-0.1, -0.05) is 30.3 Å². The van der Waals surface area contributed by atoms with Crippen LogP contribution in [0.3, 0.4) is 0 Å². The maximum Gasteiger partial charge on any atom is 0.124 e. The molecule has 0 spiro atoms. The Kier molecular flexibility index (Phi) is 4.24. The Bertz CT molecular complexity index is 428. The average molecular weight is 325 g/mol. The predicted octanol–water partition coefficient (Wildman–Crippen LogP) is 2.37. The van der Waals surface area contributed by atoms with Crippen molar-refractivity contribution in [3.05, 3.63) is 57.4 Å². The summed E-state index contributed by atoms with van der Waals surface area (Å²) in [5.41, 5.74) is 2.25. The lowest BCUT2D eigenvalue weighted by Crippen LogP contribution is -2.14. The number of nitrogens with zero attached hydrogens (tertiary/aromatic N) is 2. The fourth-order valence-electron chi connectivity index (χ4n) is 1.37. The highest BCUT2D eigenvalue weighted by Crippen LogP contribution is 2.01. The summed E-state index contributed by atoms with van der Waals surface area (Å²) in [4.78, 5) is 0. The topological polar surface area (TPSA) is 37.8 Å². The molecule has 1 aromatic heterocycles. The summed E-state index contributed by atoms with van der Waals surface area (Å²) < 4.78 is 0.921. The molecule has 16 heavy (non-hydrogen) atoms. The minimum absolute atomic E-state index is 0.749. The van der Waals surface area contributed by atoms with E-state index >= 15 is 0 Å². The first-order valence-corrected chi connectivity index (χ1v) is 6.15. The third-order valence-corrected chi connectivity index (χ3v) is 2.74. The minimum atomic E-state index is 0.749. The van der Waals surface area contributed by atoms with Crippen molar-refractivity contribution in [1.29, 1.82) is 0 Å². The molecule has 2 rings (SSSR count). The zero-order valence-corrected chi connectivity index (χ0v) is 10.9. The van der Waals surface area contributed by atoms with Crippen molar-refractivity contribution in [2.45, 2.75) is 13.1 Å². The molecule has 0 unspecified atom stereocenters. The van der Waals surface area contributed by atoms with E-state index in [1.807, 2.05) is 30.3 Å². The van der Waals surface area contributed by atoms with Gasteiger partial charge in [0.05, 0.1) is 5.69 Å². The van der Waals surface area contributed by atoms with Gasteiger partial charge in [-0.05, 0) is 40.3 Å². The highest BCUT2D eigenvalue weighted by atomic mass is 127. The summed E-state index contributed by atoms with van der Waals surface area (Å²) in [6, 6.07) is 14.3. The number of nitrogens with one attached hydrogen (secondary N) is 1. The number of benzene rings is 1. The summed E-state index contributed by atoms with van der Waals surface area (Å²) in [6.07, 6.45) is 0. The van der Waals surface area contributed by atoms with Crippen molar-refractivity contribution < 1.29 is 0 Å². The quantitative estimate of drug-likeness (QED) is 0.877. The molecule has 2 aromatic rings. The molecular weight excluding hydrogens is 313 g/mol. The van der Waals surface area contributed by atoms with Gasteiger partial charge < -0.3 is 5.32 Å². The van der Waals surface area contributed by atoms with E-state index in [1.54, 1.807) is 0 Å². The fourth-order valence-corrected chi connectivity index (χ4v) is 1.66. The van der Waals surface area contributed by atoms with Crippen LogP contribution in [0.1, 0.15) is 11.3 Å². The number of hydrogen-bond donors (Lipinski definition) is 1. The molecule has 0 atom stereocenters. The van der Waals surface area contributed by atoms with Gasteiger partial charge in [-0.2, -0.15) is 5.10 Å². The van der Waals surface area contributed by atoms with Crippen molar-refractivity contribution in [2.75, 3.05) is 0 Å². The second-order valence-electron chi connectivity index (χ2n) is 3.44. The van der Waals surface area contributed by atoms with Crippen LogP contribution in [-0.4, -0.2) is 10.2 Å². The van der Waals surface area contributed by atoms with E-state index in [2.05, 4.69) is 50.2 Å². The first kappa shape index (κ1) is 11.5. The number of aromatic nitrogens is 2. The average Bonchev–Trinajstić information content (AvgIpc) is 2.33. The molecule has 0 amide bonds. The molecule has 82 valence electrons. The molecule has 0 fully saturated rings. The van der Waals surface area contributed by atoms with Gasteiger partial charge in [0.25, 0.3) is 0 Å². The molecule has 0 aliphatic heterocycles. The van der Waals surface area contributed by atoms with Crippen LogP contribution in [0.15, 0.2) is 42.5 Å². The lowest BCUT2D eigenvalue weighted by molar-refractivity contribution is 0.669. The summed E-state index contributed by atoms with van der Waals surface area (Å²) in [7, 11) is 0. The zero-order valence-electron chi connectivity index (χ0n) is 8.73. The number of rotatable bonds is 4. The van der Waals surface area contributed by atoms with Gasteiger partial charge in [0.2, 0.25) is 0 Å². The van der Waals surface area contributed by atoms with Gasteiger partial charge in [0.15, 0.2) is 0 Å². The van der Waals surface area contributed by atoms with Gasteiger partial charge in [-0.25, -0.2) is 0 Å². The van der Waals surface area contributed by atoms with Crippen LogP contribution in [0.5, 0.6) is 0 Å². The molecule has 0 radical (unpaired) electrons. The second-order valence-corrected chi connectivity index (χ2v) is 4.54.